The molecule has 0 heterocycles. The highest BCUT2D eigenvalue weighted by atomic mass is 16.4. The molecule has 0 bridgehead atoms. The van der Waals surface area contributed by atoms with Crippen LogP contribution in [-0.2, 0) is 4.79 Å². The number of carboxylic acid groups (broad SMARTS) is 1. The summed E-state index contributed by atoms with van der Waals surface area (Å²) in [4.78, 5) is 21.7. The third kappa shape index (κ3) is 2.63. The van der Waals surface area contributed by atoms with Crippen LogP contribution in [0.2, 0.25) is 0 Å². The standard InChI is InChI=1S/C15H13NO3/c1-10-4-2-3-5-12(10)11-6-7-14(16-9-17)13(8-11)15(18)19/h2-9H,1H3,(H,16,17)(H,18,19). The fraction of sp³-hybridized carbons (Fsp3) is 0.0667. The van der Waals surface area contributed by atoms with Gasteiger partial charge in [-0.2, -0.15) is 0 Å². The van der Waals surface area contributed by atoms with Crippen LogP contribution in [0.25, 0.3) is 11.1 Å². The fourth-order valence-corrected chi connectivity index (χ4v) is 1.97. The first-order valence-electron chi connectivity index (χ1n) is 5.77. The number of hydrogen-bond acceptors (Lipinski definition) is 2. The summed E-state index contributed by atoms with van der Waals surface area (Å²) in [6.45, 7) is 1.97. The van der Waals surface area contributed by atoms with E-state index >= 15 is 0 Å². The van der Waals surface area contributed by atoms with Crippen molar-refractivity contribution in [3.63, 3.8) is 0 Å². The molecule has 2 aromatic rings. The van der Waals surface area contributed by atoms with Crippen molar-refractivity contribution < 1.29 is 14.7 Å². The van der Waals surface area contributed by atoms with E-state index in [0.717, 1.165) is 16.7 Å². The van der Waals surface area contributed by atoms with Crippen molar-refractivity contribution >= 4 is 18.1 Å². The zero-order chi connectivity index (χ0) is 13.8. The molecule has 0 saturated carbocycles. The van der Waals surface area contributed by atoms with Crippen molar-refractivity contribution in [3.8, 4) is 11.1 Å². The zero-order valence-electron chi connectivity index (χ0n) is 10.4. The molecule has 0 fully saturated rings. The molecule has 4 nitrogen and oxygen atoms in total. The minimum absolute atomic E-state index is 0.0767. The monoisotopic (exact) mass is 255 g/mol. The minimum atomic E-state index is -1.07. The molecule has 0 aromatic heterocycles. The summed E-state index contributed by atoms with van der Waals surface area (Å²) in [5.41, 5.74) is 3.22. The van der Waals surface area contributed by atoms with Gasteiger partial charge in [-0.25, -0.2) is 4.79 Å². The second kappa shape index (κ2) is 5.35. The molecule has 0 aliphatic rings. The number of rotatable bonds is 4. The van der Waals surface area contributed by atoms with Crippen molar-refractivity contribution in [2.45, 2.75) is 6.92 Å². The van der Waals surface area contributed by atoms with Gasteiger partial charge in [0.2, 0.25) is 6.41 Å². The Morgan fingerprint density at radius 3 is 2.58 bits per heavy atom. The topological polar surface area (TPSA) is 66.4 Å². The lowest BCUT2D eigenvalue weighted by atomic mass is 9.98. The van der Waals surface area contributed by atoms with Gasteiger partial charge >= 0.3 is 5.97 Å². The van der Waals surface area contributed by atoms with Crippen LogP contribution in [0.15, 0.2) is 42.5 Å². The van der Waals surface area contributed by atoms with Crippen molar-refractivity contribution in [1.82, 2.24) is 0 Å². The molecular weight excluding hydrogens is 242 g/mol. The van der Waals surface area contributed by atoms with Crippen molar-refractivity contribution in [2.75, 3.05) is 5.32 Å². The number of aryl methyl sites for hydroxylation is 1. The minimum Gasteiger partial charge on any atom is -0.478 e. The molecule has 19 heavy (non-hydrogen) atoms. The first-order chi connectivity index (χ1) is 9.13. The first-order valence-corrected chi connectivity index (χ1v) is 5.77. The summed E-state index contributed by atoms with van der Waals surface area (Å²) < 4.78 is 0. The van der Waals surface area contributed by atoms with Gasteiger partial charge < -0.3 is 10.4 Å². The summed E-state index contributed by atoms with van der Waals surface area (Å²) in [7, 11) is 0. The number of benzene rings is 2. The number of carbonyl (C=O) groups is 2. The summed E-state index contributed by atoms with van der Waals surface area (Å²) >= 11 is 0. The first kappa shape index (κ1) is 12.8. The Balaban J connectivity index is 2.55. The zero-order valence-corrected chi connectivity index (χ0v) is 10.4. The highest BCUT2D eigenvalue weighted by molar-refractivity contribution is 5.98. The molecule has 1 amide bonds. The number of anilines is 1. The van der Waals surface area contributed by atoms with E-state index in [2.05, 4.69) is 5.32 Å². The van der Waals surface area contributed by atoms with Crippen molar-refractivity contribution in [3.05, 3.63) is 53.6 Å². The summed E-state index contributed by atoms with van der Waals surface area (Å²) in [5.74, 6) is -1.07. The molecule has 96 valence electrons. The average molecular weight is 255 g/mol. The Bertz CT molecular complexity index is 635. The van der Waals surface area contributed by atoms with Crippen molar-refractivity contribution in [1.29, 1.82) is 0 Å². The van der Waals surface area contributed by atoms with Gasteiger partial charge in [0.1, 0.15) is 0 Å². The Morgan fingerprint density at radius 1 is 1.21 bits per heavy atom. The predicted octanol–water partition coefficient (Wildman–Crippen LogP) is 2.93. The number of carbonyl (C=O) groups excluding carboxylic acids is 1. The number of amides is 1. The normalized spacial score (nSPS) is 9.95. The highest BCUT2D eigenvalue weighted by Crippen LogP contribution is 2.27. The van der Waals surface area contributed by atoms with Crippen LogP contribution in [0.3, 0.4) is 0 Å². The van der Waals surface area contributed by atoms with Gasteiger partial charge in [-0.15, -0.1) is 0 Å². The van der Waals surface area contributed by atoms with Crippen molar-refractivity contribution in [2.24, 2.45) is 0 Å². The molecule has 2 aromatic carbocycles. The third-order valence-corrected chi connectivity index (χ3v) is 2.92. The number of nitrogens with one attached hydrogen (secondary N) is 1. The van der Waals surface area contributed by atoms with Gasteiger partial charge in [0.05, 0.1) is 11.3 Å². The van der Waals surface area contributed by atoms with Crippen LogP contribution in [-0.4, -0.2) is 17.5 Å². The Morgan fingerprint density at radius 2 is 1.95 bits per heavy atom. The highest BCUT2D eigenvalue weighted by Gasteiger charge is 2.12. The molecule has 2 N–H and O–H groups in total. The molecule has 0 radical (unpaired) electrons. The Kier molecular flexibility index (Phi) is 3.61. The van der Waals surface area contributed by atoms with E-state index in [9.17, 15) is 14.7 Å². The fourth-order valence-electron chi connectivity index (χ4n) is 1.97. The lowest BCUT2D eigenvalue weighted by molar-refractivity contribution is -0.105. The molecule has 0 atom stereocenters. The predicted molar refractivity (Wildman–Crippen MR) is 73.3 cm³/mol. The Labute approximate surface area is 110 Å². The van der Waals surface area contributed by atoms with E-state index in [4.69, 9.17) is 0 Å². The molecule has 0 spiro atoms. The SMILES string of the molecule is Cc1ccccc1-c1ccc(NC=O)c(C(=O)O)c1. The summed E-state index contributed by atoms with van der Waals surface area (Å²) in [6, 6.07) is 12.7. The van der Waals surface area contributed by atoms with E-state index in [-0.39, 0.29) is 5.56 Å². The van der Waals surface area contributed by atoms with Gasteiger partial charge in [-0.1, -0.05) is 30.3 Å². The molecule has 0 saturated heterocycles. The van der Waals surface area contributed by atoms with Crippen LogP contribution in [0.1, 0.15) is 15.9 Å². The molecule has 0 aliphatic heterocycles. The number of hydrogen-bond donors (Lipinski definition) is 2. The van der Waals surface area contributed by atoms with Crippen LogP contribution >= 0.6 is 0 Å². The van der Waals surface area contributed by atoms with E-state index in [0.29, 0.717) is 12.1 Å². The molecule has 4 heteroatoms. The quantitative estimate of drug-likeness (QED) is 0.825. The molecule has 2 rings (SSSR count). The third-order valence-electron chi connectivity index (χ3n) is 2.92. The molecule has 0 aliphatic carbocycles. The van der Waals surface area contributed by atoms with Crippen LogP contribution in [0.4, 0.5) is 5.69 Å². The van der Waals surface area contributed by atoms with Crippen LogP contribution in [0, 0.1) is 6.92 Å². The lowest BCUT2D eigenvalue weighted by Crippen LogP contribution is -2.04. The van der Waals surface area contributed by atoms with Crippen LogP contribution in [0.5, 0.6) is 0 Å². The maximum atomic E-state index is 11.2. The molecular formula is C15H13NO3. The Hall–Kier alpha value is -2.62. The maximum Gasteiger partial charge on any atom is 0.337 e. The lowest BCUT2D eigenvalue weighted by Gasteiger charge is -2.09. The van der Waals surface area contributed by atoms with E-state index < -0.39 is 5.97 Å². The maximum absolute atomic E-state index is 11.2. The van der Waals surface area contributed by atoms with Gasteiger partial charge in [0, 0.05) is 0 Å². The van der Waals surface area contributed by atoms with Gasteiger partial charge in [-0.3, -0.25) is 4.79 Å². The second-order valence-corrected chi connectivity index (χ2v) is 4.14. The van der Waals surface area contributed by atoms with Gasteiger partial charge in [-0.05, 0) is 35.7 Å². The largest absolute Gasteiger partial charge is 0.478 e. The van der Waals surface area contributed by atoms with E-state index in [1.165, 1.54) is 0 Å². The number of aromatic carboxylic acids is 1. The van der Waals surface area contributed by atoms with Gasteiger partial charge in [0.25, 0.3) is 0 Å². The van der Waals surface area contributed by atoms with Gasteiger partial charge in [0.15, 0.2) is 0 Å². The molecule has 0 unspecified atom stereocenters. The number of carboxylic acids is 1. The van der Waals surface area contributed by atoms with E-state index in [1.54, 1.807) is 18.2 Å². The summed E-state index contributed by atoms with van der Waals surface area (Å²) in [6.07, 6.45) is 0.467. The second-order valence-electron chi connectivity index (χ2n) is 4.14. The summed E-state index contributed by atoms with van der Waals surface area (Å²) in [5, 5.41) is 11.6. The van der Waals surface area contributed by atoms with Crippen LogP contribution < -0.4 is 5.32 Å². The average Bonchev–Trinajstić information content (AvgIpc) is 2.40. The van der Waals surface area contributed by atoms with E-state index in [1.807, 2.05) is 31.2 Å². The smallest absolute Gasteiger partial charge is 0.337 e.